The second-order valence-electron chi connectivity index (χ2n) is 11.8. The summed E-state index contributed by atoms with van der Waals surface area (Å²) < 4.78 is 8.11. The highest BCUT2D eigenvalue weighted by molar-refractivity contribution is 6.19. The molecule has 5 aromatic rings. The molecule has 0 spiro atoms. The van der Waals surface area contributed by atoms with Crippen molar-refractivity contribution in [1.82, 2.24) is 9.13 Å². The number of alkyl halides is 1. The van der Waals surface area contributed by atoms with Crippen LogP contribution in [0.25, 0.3) is 21.9 Å². The summed E-state index contributed by atoms with van der Waals surface area (Å²) in [7, 11) is 4.80. The van der Waals surface area contributed by atoms with Crippen molar-refractivity contribution in [2.24, 2.45) is 14.1 Å². The van der Waals surface area contributed by atoms with Crippen LogP contribution in [0.3, 0.4) is 0 Å². The second kappa shape index (κ2) is 13.3. The lowest BCUT2D eigenvalue weighted by Gasteiger charge is -2.18. The van der Waals surface area contributed by atoms with Crippen LogP contribution in [0.5, 0.6) is 5.75 Å². The van der Waals surface area contributed by atoms with Gasteiger partial charge in [0.2, 0.25) is 11.8 Å². The van der Waals surface area contributed by atoms with Crippen molar-refractivity contribution >= 4 is 63.1 Å². The van der Waals surface area contributed by atoms with Crippen LogP contribution in [0.4, 0.5) is 17.1 Å². The van der Waals surface area contributed by atoms with E-state index in [-0.39, 0.29) is 42.2 Å². The van der Waals surface area contributed by atoms with Gasteiger partial charge in [0.25, 0.3) is 5.91 Å². The molecule has 3 amide bonds. The summed E-state index contributed by atoms with van der Waals surface area (Å²) in [5.74, 6) is -1.11. The van der Waals surface area contributed by atoms with E-state index in [0.29, 0.717) is 46.3 Å². The van der Waals surface area contributed by atoms with Gasteiger partial charge in [-0.3, -0.25) is 14.4 Å². The number of hydrogen-bond acceptors (Lipinski definition) is 6. The predicted molar refractivity (Wildman–Crippen MR) is 185 cm³/mol. The number of ether oxygens (including phenoxy) is 1. The molecule has 6 rings (SSSR count). The second-order valence-corrected chi connectivity index (χ2v) is 12.1. The van der Waals surface area contributed by atoms with E-state index in [9.17, 15) is 24.3 Å². The quantitative estimate of drug-likeness (QED) is 0.130. The molecule has 0 saturated carbocycles. The monoisotopic (exact) mass is 667 g/mol. The number of phenols is 1. The Morgan fingerprint density at radius 2 is 1.56 bits per heavy atom. The SMILES string of the molecule is COC(=O)c1cc(-c2ccc(NC(=O)c3cc(NC(=O)CCC(=O)N4C[C@@H](CCl)c5c4cc(O)c4ccccc54)cn3C)cc2)cn1C. The number of aromatic hydroxyl groups is 1. The Morgan fingerprint density at radius 1 is 0.854 bits per heavy atom. The molecule has 246 valence electrons. The molecule has 3 heterocycles. The van der Waals surface area contributed by atoms with Gasteiger partial charge in [-0.15, -0.1) is 11.6 Å². The molecule has 48 heavy (non-hydrogen) atoms. The Kier molecular flexibility index (Phi) is 8.97. The number of fused-ring (bicyclic) bond motifs is 3. The van der Waals surface area contributed by atoms with Crippen molar-refractivity contribution in [2.45, 2.75) is 18.8 Å². The fourth-order valence-corrected chi connectivity index (χ4v) is 6.45. The summed E-state index contributed by atoms with van der Waals surface area (Å²) in [4.78, 5) is 52.8. The van der Waals surface area contributed by atoms with Gasteiger partial charge in [0.1, 0.15) is 17.1 Å². The third-order valence-electron chi connectivity index (χ3n) is 8.59. The number of esters is 1. The number of hydrogen-bond donors (Lipinski definition) is 3. The molecule has 3 aromatic carbocycles. The molecule has 1 atom stereocenters. The predicted octanol–water partition coefficient (Wildman–Crippen LogP) is 6.02. The Balaban J connectivity index is 1.06. The maximum Gasteiger partial charge on any atom is 0.354 e. The van der Waals surface area contributed by atoms with E-state index >= 15 is 0 Å². The molecule has 0 fully saturated rings. The van der Waals surface area contributed by atoms with E-state index in [0.717, 1.165) is 22.1 Å². The van der Waals surface area contributed by atoms with Crippen LogP contribution in [0, 0.1) is 0 Å². The average Bonchev–Trinajstić information content (AvgIpc) is 3.78. The molecular formula is C36H34ClN5O6. The molecular weight excluding hydrogens is 634 g/mol. The number of rotatable bonds is 9. The van der Waals surface area contributed by atoms with Gasteiger partial charge in [-0.1, -0.05) is 36.4 Å². The first-order valence-electron chi connectivity index (χ1n) is 15.3. The maximum absolute atomic E-state index is 13.3. The molecule has 0 saturated heterocycles. The molecule has 0 aliphatic carbocycles. The minimum absolute atomic E-state index is 0.0446. The van der Waals surface area contributed by atoms with Crippen molar-refractivity contribution in [3.8, 4) is 16.9 Å². The van der Waals surface area contributed by atoms with Crippen molar-refractivity contribution in [3.63, 3.8) is 0 Å². The van der Waals surface area contributed by atoms with Crippen molar-refractivity contribution in [2.75, 3.05) is 35.1 Å². The lowest BCUT2D eigenvalue weighted by atomic mass is 9.95. The Morgan fingerprint density at radius 3 is 2.27 bits per heavy atom. The minimum Gasteiger partial charge on any atom is -0.507 e. The fraction of sp³-hybridized carbons (Fsp3) is 0.222. The van der Waals surface area contributed by atoms with Crippen LogP contribution in [-0.2, 0) is 28.4 Å². The lowest BCUT2D eigenvalue weighted by Crippen LogP contribution is -2.30. The third kappa shape index (κ3) is 6.24. The average molecular weight is 668 g/mol. The number of aromatic nitrogens is 2. The molecule has 0 unspecified atom stereocenters. The van der Waals surface area contributed by atoms with E-state index in [2.05, 4.69) is 10.6 Å². The number of halogens is 1. The zero-order chi connectivity index (χ0) is 34.1. The Bertz CT molecular complexity index is 2070. The number of amides is 3. The van der Waals surface area contributed by atoms with E-state index in [1.807, 2.05) is 42.6 Å². The Labute approximate surface area is 281 Å². The van der Waals surface area contributed by atoms with Gasteiger partial charge in [-0.25, -0.2) is 4.79 Å². The van der Waals surface area contributed by atoms with Gasteiger partial charge in [0.05, 0.1) is 18.5 Å². The molecule has 0 radical (unpaired) electrons. The summed E-state index contributed by atoms with van der Waals surface area (Å²) in [6, 6.07) is 19.6. The van der Waals surface area contributed by atoms with Gasteiger partial charge in [0, 0.05) is 80.4 Å². The van der Waals surface area contributed by atoms with Gasteiger partial charge in [0.15, 0.2) is 0 Å². The number of methoxy groups -OCH3 is 1. The van der Waals surface area contributed by atoms with E-state index in [4.69, 9.17) is 16.3 Å². The number of benzene rings is 3. The zero-order valence-corrected chi connectivity index (χ0v) is 27.4. The number of anilines is 3. The van der Waals surface area contributed by atoms with Crippen LogP contribution in [0.15, 0.2) is 79.1 Å². The number of aryl methyl sites for hydroxylation is 2. The summed E-state index contributed by atoms with van der Waals surface area (Å²) in [5, 5.41) is 17.8. The highest BCUT2D eigenvalue weighted by atomic mass is 35.5. The summed E-state index contributed by atoms with van der Waals surface area (Å²) in [6.45, 7) is 0.370. The van der Waals surface area contributed by atoms with Gasteiger partial charge in [-0.2, -0.15) is 0 Å². The topological polar surface area (TPSA) is 135 Å². The van der Waals surface area contributed by atoms with Crippen LogP contribution < -0.4 is 15.5 Å². The van der Waals surface area contributed by atoms with Crippen LogP contribution >= 0.6 is 11.6 Å². The fourth-order valence-electron chi connectivity index (χ4n) is 6.20. The molecule has 0 bridgehead atoms. The molecule has 2 aromatic heterocycles. The number of carbonyl (C=O) groups is 4. The standard InChI is InChI=1S/C36H34ClN5O6/c1-40-18-22(14-30(40)36(47)48-3)21-8-10-24(11-9-21)39-35(46)29-15-25(20-41(29)2)38-32(44)12-13-33(45)42-19-23(17-37)34-27-7-5-4-6-26(27)31(43)16-28(34)42/h4-11,14-16,18,20,23,43H,12-13,17,19H2,1-3H3,(H,38,44)(H,39,46)/t23-/m1/s1. The largest absolute Gasteiger partial charge is 0.507 e. The third-order valence-corrected chi connectivity index (χ3v) is 8.97. The van der Waals surface area contributed by atoms with Crippen LogP contribution in [0.1, 0.15) is 45.3 Å². The van der Waals surface area contributed by atoms with Gasteiger partial charge < -0.3 is 34.5 Å². The van der Waals surface area contributed by atoms with Gasteiger partial charge >= 0.3 is 5.97 Å². The van der Waals surface area contributed by atoms with E-state index in [1.165, 1.54) is 7.11 Å². The molecule has 1 aliphatic rings. The van der Waals surface area contributed by atoms with Crippen LogP contribution in [0.2, 0.25) is 0 Å². The Hall–Kier alpha value is -5.55. The molecule has 3 N–H and O–H groups in total. The van der Waals surface area contributed by atoms with Crippen LogP contribution in [-0.4, -0.2) is 57.5 Å². The van der Waals surface area contributed by atoms with E-state index < -0.39 is 5.97 Å². The molecule has 11 nitrogen and oxygen atoms in total. The summed E-state index contributed by atoms with van der Waals surface area (Å²) in [6.07, 6.45) is 3.34. The highest BCUT2D eigenvalue weighted by Gasteiger charge is 2.34. The van der Waals surface area contributed by atoms with Crippen molar-refractivity contribution < 1.29 is 29.0 Å². The molecule has 12 heteroatoms. The number of phenolic OH excluding ortho intramolecular Hbond substituents is 1. The lowest BCUT2D eigenvalue weighted by molar-refractivity contribution is -0.122. The zero-order valence-electron chi connectivity index (χ0n) is 26.6. The summed E-state index contributed by atoms with van der Waals surface area (Å²) >= 11 is 6.28. The normalized spacial score (nSPS) is 13.8. The smallest absolute Gasteiger partial charge is 0.354 e. The first kappa shape index (κ1) is 32.4. The number of nitrogens with zero attached hydrogens (tertiary/aromatic N) is 3. The maximum atomic E-state index is 13.3. The summed E-state index contributed by atoms with van der Waals surface area (Å²) in [5.41, 5.74) is 4.97. The van der Waals surface area contributed by atoms with E-state index in [1.54, 1.807) is 64.7 Å². The minimum atomic E-state index is -0.427. The number of nitrogens with one attached hydrogen (secondary N) is 2. The molecule has 1 aliphatic heterocycles. The first-order chi connectivity index (χ1) is 23.1. The first-order valence-corrected chi connectivity index (χ1v) is 15.8. The number of carbonyl (C=O) groups excluding carboxylic acids is 4. The van der Waals surface area contributed by atoms with Crippen molar-refractivity contribution in [3.05, 3.63) is 96.1 Å². The van der Waals surface area contributed by atoms with Crippen molar-refractivity contribution in [1.29, 1.82) is 0 Å². The van der Waals surface area contributed by atoms with Gasteiger partial charge in [-0.05, 0) is 40.8 Å². The highest BCUT2D eigenvalue weighted by Crippen LogP contribution is 2.45.